The molecule has 31 heavy (non-hydrogen) atoms. The molecule has 0 saturated carbocycles. The lowest BCUT2D eigenvalue weighted by Crippen LogP contribution is -2.26. The second-order valence-electron chi connectivity index (χ2n) is 6.96. The van der Waals surface area contributed by atoms with Gasteiger partial charge in [0.25, 0.3) is 15.9 Å². The highest BCUT2D eigenvalue weighted by Gasteiger charge is 2.21. The molecule has 0 aliphatic heterocycles. The highest BCUT2D eigenvalue weighted by Crippen LogP contribution is 2.26. The van der Waals surface area contributed by atoms with Crippen LogP contribution in [0.25, 0.3) is 0 Å². The lowest BCUT2D eigenvalue weighted by Gasteiger charge is -2.13. The maximum absolute atomic E-state index is 12.9. The van der Waals surface area contributed by atoms with Crippen LogP contribution in [0.4, 0.5) is 5.69 Å². The maximum atomic E-state index is 12.9. The van der Waals surface area contributed by atoms with Crippen molar-refractivity contribution >= 4 is 45.0 Å². The van der Waals surface area contributed by atoms with Gasteiger partial charge < -0.3 is 9.73 Å². The number of carbonyl (C=O) groups is 1. The van der Waals surface area contributed by atoms with Crippen LogP contribution in [0.5, 0.6) is 0 Å². The molecule has 0 atom stereocenters. The fourth-order valence-corrected chi connectivity index (χ4v) is 5.30. The molecule has 1 aromatic heterocycles. The Morgan fingerprint density at radius 2 is 1.94 bits per heavy atom. The third-order valence-corrected chi connectivity index (χ3v) is 7.29. The number of sulfonamides is 1. The van der Waals surface area contributed by atoms with Gasteiger partial charge in [0, 0.05) is 17.9 Å². The molecule has 0 spiro atoms. The SMILES string of the molecule is Cc1ccc(NS(=O)(=O)c2cc(C(=O)NCCSCc3ccco3)ccc2Cl)c(C)c1. The summed E-state index contributed by atoms with van der Waals surface area (Å²) < 4.78 is 33.6. The molecule has 0 aliphatic carbocycles. The molecule has 3 rings (SSSR count). The van der Waals surface area contributed by atoms with Crippen molar-refractivity contribution in [1.29, 1.82) is 0 Å². The van der Waals surface area contributed by atoms with Gasteiger partial charge in [-0.2, -0.15) is 11.8 Å². The smallest absolute Gasteiger partial charge is 0.263 e. The van der Waals surface area contributed by atoms with E-state index >= 15 is 0 Å². The van der Waals surface area contributed by atoms with E-state index < -0.39 is 10.0 Å². The number of furan rings is 1. The first kappa shape index (κ1) is 23.2. The number of halogens is 1. The van der Waals surface area contributed by atoms with Gasteiger partial charge in [-0.3, -0.25) is 9.52 Å². The van der Waals surface area contributed by atoms with E-state index in [2.05, 4.69) is 10.0 Å². The summed E-state index contributed by atoms with van der Waals surface area (Å²) in [6.07, 6.45) is 1.62. The first-order valence-corrected chi connectivity index (χ1v) is 12.6. The van der Waals surface area contributed by atoms with E-state index in [-0.39, 0.29) is 21.4 Å². The molecule has 9 heteroatoms. The van der Waals surface area contributed by atoms with Gasteiger partial charge in [0.2, 0.25) is 0 Å². The summed E-state index contributed by atoms with van der Waals surface area (Å²) in [7, 11) is -3.97. The first-order chi connectivity index (χ1) is 14.8. The minimum Gasteiger partial charge on any atom is -0.468 e. The lowest BCUT2D eigenvalue weighted by atomic mass is 10.1. The van der Waals surface area contributed by atoms with Gasteiger partial charge in [0.05, 0.1) is 22.7 Å². The van der Waals surface area contributed by atoms with Crippen molar-refractivity contribution in [3.63, 3.8) is 0 Å². The number of hydrogen-bond donors (Lipinski definition) is 2. The van der Waals surface area contributed by atoms with Gasteiger partial charge in [0.15, 0.2) is 0 Å². The van der Waals surface area contributed by atoms with Crippen molar-refractivity contribution in [2.75, 3.05) is 17.0 Å². The highest BCUT2D eigenvalue weighted by atomic mass is 35.5. The van der Waals surface area contributed by atoms with Crippen LogP contribution in [-0.4, -0.2) is 26.6 Å². The van der Waals surface area contributed by atoms with Crippen molar-refractivity contribution in [1.82, 2.24) is 5.32 Å². The van der Waals surface area contributed by atoms with Crippen LogP contribution in [0.15, 0.2) is 64.1 Å². The molecular formula is C22H23ClN2O4S2. The Morgan fingerprint density at radius 1 is 1.13 bits per heavy atom. The van der Waals surface area contributed by atoms with Crippen LogP contribution in [0.2, 0.25) is 5.02 Å². The van der Waals surface area contributed by atoms with Crippen LogP contribution in [0.1, 0.15) is 27.2 Å². The molecule has 3 aromatic rings. The molecule has 2 aromatic carbocycles. The summed E-state index contributed by atoms with van der Waals surface area (Å²) in [5, 5.41) is 2.84. The third-order valence-electron chi connectivity index (χ3n) is 4.47. The number of anilines is 1. The Labute approximate surface area is 191 Å². The molecule has 0 unspecified atom stereocenters. The van der Waals surface area contributed by atoms with E-state index in [0.717, 1.165) is 22.6 Å². The van der Waals surface area contributed by atoms with Crippen molar-refractivity contribution in [2.45, 2.75) is 24.5 Å². The summed E-state index contributed by atoms with van der Waals surface area (Å²) in [5.74, 6) is 1.92. The van der Waals surface area contributed by atoms with Crippen LogP contribution >= 0.6 is 23.4 Å². The predicted octanol–water partition coefficient (Wildman–Crippen LogP) is 5.01. The van der Waals surface area contributed by atoms with Crippen LogP contribution in [0.3, 0.4) is 0 Å². The quantitative estimate of drug-likeness (QED) is 0.422. The zero-order chi connectivity index (χ0) is 22.4. The number of aryl methyl sites for hydroxylation is 2. The van der Waals surface area contributed by atoms with E-state index in [1.165, 1.54) is 18.2 Å². The molecule has 0 fully saturated rings. The van der Waals surface area contributed by atoms with Gasteiger partial charge in [-0.25, -0.2) is 8.42 Å². The van der Waals surface area contributed by atoms with Crippen molar-refractivity contribution in [2.24, 2.45) is 0 Å². The number of rotatable bonds is 9. The van der Waals surface area contributed by atoms with Gasteiger partial charge in [0.1, 0.15) is 10.7 Å². The number of amides is 1. The fraction of sp³-hybridized carbons (Fsp3) is 0.227. The normalized spacial score (nSPS) is 11.3. The van der Waals surface area contributed by atoms with Crippen molar-refractivity contribution < 1.29 is 17.6 Å². The average Bonchev–Trinajstić information content (AvgIpc) is 3.23. The fourth-order valence-electron chi connectivity index (χ4n) is 2.88. The van der Waals surface area contributed by atoms with E-state index in [1.54, 1.807) is 24.1 Å². The first-order valence-electron chi connectivity index (χ1n) is 9.54. The van der Waals surface area contributed by atoms with Crippen LogP contribution in [-0.2, 0) is 15.8 Å². The molecule has 0 saturated heterocycles. The van der Waals surface area contributed by atoms with Gasteiger partial charge in [-0.1, -0.05) is 29.3 Å². The highest BCUT2D eigenvalue weighted by molar-refractivity contribution is 7.98. The summed E-state index contributed by atoms with van der Waals surface area (Å²) in [5.41, 5.74) is 2.51. The minimum atomic E-state index is -3.97. The summed E-state index contributed by atoms with van der Waals surface area (Å²) in [4.78, 5) is 12.3. The largest absolute Gasteiger partial charge is 0.468 e. The van der Waals surface area contributed by atoms with E-state index in [9.17, 15) is 13.2 Å². The molecule has 0 aliphatic rings. The summed E-state index contributed by atoms with van der Waals surface area (Å²) in [6, 6.07) is 13.3. The molecule has 0 bridgehead atoms. The Kier molecular flexibility index (Phi) is 7.69. The Morgan fingerprint density at radius 3 is 2.65 bits per heavy atom. The van der Waals surface area contributed by atoms with Crippen molar-refractivity contribution in [3.05, 3.63) is 82.3 Å². The molecule has 6 nitrogen and oxygen atoms in total. The van der Waals surface area contributed by atoms with Gasteiger partial charge in [-0.15, -0.1) is 0 Å². The van der Waals surface area contributed by atoms with E-state index in [0.29, 0.717) is 18.0 Å². The van der Waals surface area contributed by atoms with Crippen molar-refractivity contribution in [3.8, 4) is 0 Å². The molecule has 0 radical (unpaired) electrons. The Hall–Kier alpha value is -2.42. The second-order valence-corrected chi connectivity index (χ2v) is 10.1. The topological polar surface area (TPSA) is 88.4 Å². The lowest BCUT2D eigenvalue weighted by molar-refractivity contribution is 0.0956. The van der Waals surface area contributed by atoms with Gasteiger partial charge >= 0.3 is 0 Å². The summed E-state index contributed by atoms with van der Waals surface area (Å²) >= 11 is 7.77. The molecule has 1 heterocycles. The Balaban J connectivity index is 1.65. The molecule has 1 amide bonds. The summed E-state index contributed by atoms with van der Waals surface area (Å²) in [6.45, 7) is 4.19. The number of nitrogens with one attached hydrogen (secondary N) is 2. The molecule has 164 valence electrons. The molecular weight excluding hydrogens is 456 g/mol. The Bertz CT molecular complexity index is 1160. The standard InChI is InChI=1S/C22H23ClN2O4S2/c1-15-5-8-20(16(2)12-15)25-31(27,28)21-13-17(6-7-19(21)23)22(26)24-9-11-30-14-18-4-3-10-29-18/h3-8,10,12-13,25H,9,11,14H2,1-2H3,(H,24,26). The monoisotopic (exact) mass is 478 g/mol. The third kappa shape index (κ3) is 6.29. The van der Waals surface area contributed by atoms with E-state index in [1.807, 2.05) is 38.1 Å². The zero-order valence-electron chi connectivity index (χ0n) is 17.1. The zero-order valence-corrected chi connectivity index (χ0v) is 19.5. The predicted molar refractivity (Wildman–Crippen MR) is 125 cm³/mol. The second kappa shape index (κ2) is 10.3. The number of benzene rings is 2. The number of carbonyl (C=O) groups excluding carboxylic acids is 1. The minimum absolute atomic E-state index is 0.0443. The van der Waals surface area contributed by atoms with E-state index in [4.69, 9.17) is 16.0 Å². The van der Waals surface area contributed by atoms with Gasteiger partial charge in [-0.05, 0) is 55.8 Å². The number of hydrogen-bond acceptors (Lipinski definition) is 5. The number of thioether (sulfide) groups is 1. The van der Waals surface area contributed by atoms with Crippen LogP contribution < -0.4 is 10.0 Å². The maximum Gasteiger partial charge on any atom is 0.263 e. The van der Waals surface area contributed by atoms with Crippen LogP contribution in [0, 0.1) is 13.8 Å². The molecule has 2 N–H and O–H groups in total. The average molecular weight is 479 g/mol.